The van der Waals surface area contributed by atoms with Crippen LogP contribution in [0.2, 0.25) is 10.0 Å². The highest BCUT2D eigenvalue weighted by Gasteiger charge is 2.44. The third kappa shape index (κ3) is 5.31. The summed E-state index contributed by atoms with van der Waals surface area (Å²) in [5.41, 5.74) is 0.387. The van der Waals surface area contributed by atoms with Crippen molar-refractivity contribution in [3.8, 4) is 0 Å². The van der Waals surface area contributed by atoms with Crippen molar-refractivity contribution in [2.45, 2.75) is 34.7 Å². The first-order valence-electron chi connectivity index (χ1n) is 8.52. The fourth-order valence-electron chi connectivity index (χ4n) is 2.77. The zero-order valence-electron chi connectivity index (χ0n) is 14.9. The molecule has 0 amide bonds. The molecule has 1 aliphatic heterocycles. The standard InChI is InChI=1S/C18H19Cl2N3O4S2/c19-11-2-1-10(5-12(11)20)29-18-17(26)15(16(25)14(7-24)27-18)22-6-13(23-21)9-3-4-28-8-9/h1-6,8,14-18,24-26H,7,21H2/t14?,15?,16-,17?,18+/m0/s1. The molecule has 2 heterocycles. The molecule has 5 atom stereocenters. The maximum absolute atomic E-state index is 10.8. The number of aliphatic hydroxyl groups excluding tert-OH is 3. The van der Waals surface area contributed by atoms with Crippen LogP contribution in [0.4, 0.5) is 0 Å². The Morgan fingerprint density at radius 1 is 1.24 bits per heavy atom. The summed E-state index contributed by atoms with van der Waals surface area (Å²) >= 11 is 14.7. The van der Waals surface area contributed by atoms with Gasteiger partial charge in [-0.15, -0.1) is 0 Å². The van der Waals surface area contributed by atoms with Crippen LogP contribution < -0.4 is 5.84 Å². The summed E-state index contributed by atoms with van der Waals surface area (Å²) in [6.45, 7) is -0.430. The molecule has 1 aromatic carbocycles. The van der Waals surface area contributed by atoms with E-state index in [2.05, 4.69) is 10.1 Å². The SMILES string of the molecule is NN=C(C=NC1C(O)[C@@H](Sc2ccc(Cl)c(Cl)c2)OC(CO)[C@@H]1O)c1ccsc1. The Labute approximate surface area is 185 Å². The van der Waals surface area contributed by atoms with Crippen molar-refractivity contribution in [1.82, 2.24) is 0 Å². The summed E-state index contributed by atoms with van der Waals surface area (Å²) in [4.78, 5) is 5.02. The zero-order chi connectivity index (χ0) is 21.0. The average Bonchev–Trinajstić information content (AvgIpc) is 3.24. The van der Waals surface area contributed by atoms with E-state index in [0.29, 0.717) is 20.7 Å². The predicted molar refractivity (Wildman–Crippen MR) is 117 cm³/mol. The van der Waals surface area contributed by atoms with Gasteiger partial charge in [-0.1, -0.05) is 35.0 Å². The number of aliphatic hydroxyl groups is 3. The van der Waals surface area contributed by atoms with E-state index in [1.54, 1.807) is 18.2 Å². The third-order valence-corrected chi connectivity index (χ3v) is 6.89. The molecular formula is C18H19Cl2N3O4S2. The molecule has 0 spiro atoms. The molecule has 0 bridgehead atoms. The fraction of sp³-hybridized carbons (Fsp3) is 0.333. The predicted octanol–water partition coefficient (Wildman–Crippen LogP) is 2.39. The number of thioether (sulfide) groups is 1. The van der Waals surface area contributed by atoms with Gasteiger partial charge in [-0.3, -0.25) is 4.99 Å². The third-order valence-electron chi connectivity index (χ3n) is 4.32. The second-order valence-electron chi connectivity index (χ2n) is 6.20. The quantitative estimate of drug-likeness (QED) is 0.289. The molecule has 5 N–H and O–H groups in total. The lowest BCUT2D eigenvalue weighted by Crippen LogP contribution is -2.56. The molecule has 7 nitrogen and oxygen atoms in total. The van der Waals surface area contributed by atoms with Crippen LogP contribution in [0.1, 0.15) is 5.56 Å². The number of nitrogens with zero attached hydrogens (tertiary/aromatic N) is 2. The van der Waals surface area contributed by atoms with Crippen LogP contribution in [0.3, 0.4) is 0 Å². The van der Waals surface area contributed by atoms with Crippen molar-refractivity contribution in [2.24, 2.45) is 15.9 Å². The number of rotatable bonds is 6. The van der Waals surface area contributed by atoms with Crippen LogP contribution >= 0.6 is 46.3 Å². The number of nitrogens with two attached hydrogens (primary N) is 1. The minimum absolute atomic E-state index is 0.370. The second-order valence-corrected chi connectivity index (χ2v) is 8.96. The lowest BCUT2D eigenvalue weighted by atomic mass is 9.98. The summed E-state index contributed by atoms with van der Waals surface area (Å²) < 4.78 is 5.68. The van der Waals surface area contributed by atoms with Crippen LogP contribution in [0.5, 0.6) is 0 Å². The second kappa shape index (κ2) is 10.2. The Morgan fingerprint density at radius 3 is 2.66 bits per heavy atom. The molecule has 0 radical (unpaired) electrons. The van der Waals surface area contributed by atoms with Crippen LogP contribution in [0.25, 0.3) is 0 Å². The van der Waals surface area contributed by atoms with E-state index in [0.717, 1.165) is 5.56 Å². The molecule has 0 saturated carbocycles. The van der Waals surface area contributed by atoms with E-state index in [1.807, 2.05) is 16.8 Å². The molecule has 3 rings (SSSR count). The molecule has 29 heavy (non-hydrogen) atoms. The molecule has 1 aliphatic rings. The van der Waals surface area contributed by atoms with Gasteiger partial charge < -0.3 is 25.9 Å². The van der Waals surface area contributed by atoms with E-state index >= 15 is 0 Å². The highest BCUT2D eigenvalue weighted by molar-refractivity contribution is 7.99. The maximum atomic E-state index is 10.8. The fourth-order valence-corrected chi connectivity index (χ4v) is 4.89. The molecule has 1 aromatic heterocycles. The molecule has 1 saturated heterocycles. The van der Waals surface area contributed by atoms with Gasteiger partial charge in [0.2, 0.25) is 0 Å². The maximum Gasteiger partial charge on any atom is 0.136 e. The van der Waals surface area contributed by atoms with Gasteiger partial charge in [0.05, 0.1) is 16.7 Å². The van der Waals surface area contributed by atoms with Crippen LogP contribution in [-0.4, -0.2) is 63.6 Å². The van der Waals surface area contributed by atoms with Crippen molar-refractivity contribution in [1.29, 1.82) is 0 Å². The number of hydrazone groups is 1. The monoisotopic (exact) mass is 475 g/mol. The van der Waals surface area contributed by atoms with Crippen LogP contribution in [0, 0.1) is 0 Å². The van der Waals surface area contributed by atoms with Gasteiger partial charge in [-0.25, -0.2) is 0 Å². The Morgan fingerprint density at radius 2 is 2.03 bits per heavy atom. The Kier molecular flexibility index (Phi) is 7.94. The van der Waals surface area contributed by atoms with Crippen molar-refractivity contribution >= 4 is 58.2 Å². The minimum atomic E-state index is -1.21. The number of hydrogen-bond donors (Lipinski definition) is 4. The van der Waals surface area contributed by atoms with Gasteiger partial charge in [0.1, 0.15) is 35.5 Å². The molecule has 11 heteroatoms. The number of halogens is 2. The van der Waals surface area contributed by atoms with Gasteiger partial charge in [0.15, 0.2) is 0 Å². The van der Waals surface area contributed by atoms with Crippen molar-refractivity contribution < 1.29 is 20.1 Å². The zero-order valence-corrected chi connectivity index (χ0v) is 18.1. The summed E-state index contributed by atoms with van der Waals surface area (Å²) in [7, 11) is 0. The first-order valence-corrected chi connectivity index (χ1v) is 11.1. The molecule has 3 unspecified atom stereocenters. The smallest absolute Gasteiger partial charge is 0.136 e. The van der Waals surface area contributed by atoms with Gasteiger partial charge in [0, 0.05) is 22.1 Å². The molecule has 156 valence electrons. The highest BCUT2D eigenvalue weighted by atomic mass is 35.5. The lowest BCUT2D eigenvalue weighted by Gasteiger charge is -2.40. The normalized spacial score (nSPS) is 28.2. The Hall–Kier alpha value is -1.17. The number of aliphatic imine (C=N–C) groups is 1. The number of ether oxygens (including phenoxy) is 1. The van der Waals surface area contributed by atoms with E-state index in [4.69, 9.17) is 33.8 Å². The van der Waals surface area contributed by atoms with Crippen LogP contribution in [0.15, 0.2) is 50.0 Å². The van der Waals surface area contributed by atoms with Gasteiger partial charge >= 0.3 is 0 Å². The highest BCUT2D eigenvalue weighted by Crippen LogP contribution is 2.36. The van der Waals surface area contributed by atoms with Gasteiger partial charge in [-0.2, -0.15) is 16.4 Å². The number of thiophene rings is 1. The average molecular weight is 476 g/mol. The Balaban J connectivity index is 1.81. The number of hydrogen-bond acceptors (Lipinski definition) is 9. The Bertz CT molecular complexity index is 882. The minimum Gasteiger partial charge on any atom is -0.394 e. The van der Waals surface area contributed by atoms with Crippen molar-refractivity contribution in [2.75, 3.05) is 6.61 Å². The summed E-state index contributed by atoms with van der Waals surface area (Å²) in [6, 6.07) is 5.91. The van der Waals surface area contributed by atoms with Crippen LogP contribution in [-0.2, 0) is 4.74 Å². The molecule has 0 aliphatic carbocycles. The molecular weight excluding hydrogens is 457 g/mol. The van der Waals surface area contributed by atoms with E-state index < -0.39 is 36.4 Å². The first kappa shape index (κ1) is 22.5. The van der Waals surface area contributed by atoms with Crippen molar-refractivity contribution in [3.63, 3.8) is 0 Å². The van der Waals surface area contributed by atoms with E-state index in [1.165, 1.54) is 29.3 Å². The molecule has 1 fully saturated rings. The number of benzene rings is 1. The topological polar surface area (TPSA) is 121 Å². The van der Waals surface area contributed by atoms with E-state index in [-0.39, 0.29) is 0 Å². The first-order chi connectivity index (χ1) is 13.9. The van der Waals surface area contributed by atoms with Crippen molar-refractivity contribution in [3.05, 3.63) is 50.6 Å². The van der Waals surface area contributed by atoms with Gasteiger partial charge in [0.25, 0.3) is 0 Å². The lowest BCUT2D eigenvalue weighted by molar-refractivity contribution is -0.159. The summed E-state index contributed by atoms with van der Waals surface area (Å²) in [5, 5.41) is 39.1. The summed E-state index contributed by atoms with van der Waals surface area (Å²) in [6.07, 6.45) is -1.89. The largest absolute Gasteiger partial charge is 0.394 e. The summed E-state index contributed by atoms with van der Waals surface area (Å²) in [5.74, 6) is 5.44. The van der Waals surface area contributed by atoms with Gasteiger partial charge in [-0.05, 0) is 29.6 Å². The van der Waals surface area contributed by atoms with E-state index in [9.17, 15) is 15.3 Å². The molecule has 2 aromatic rings.